The first kappa shape index (κ1) is 18.4. The highest BCUT2D eigenvalue weighted by Crippen LogP contribution is 2.24. The lowest BCUT2D eigenvalue weighted by Crippen LogP contribution is -2.29. The highest BCUT2D eigenvalue weighted by atomic mass is 19.1. The summed E-state index contributed by atoms with van der Waals surface area (Å²) in [7, 11) is 1.91. The van der Waals surface area contributed by atoms with Crippen LogP contribution in [-0.2, 0) is 0 Å². The number of anilines is 2. The molecule has 0 bridgehead atoms. The Labute approximate surface area is 161 Å². The van der Waals surface area contributed by atoms with Crippen molar-refractivity contribution in [3.8, 4) is 0 Å². The highest BCUT2D eigenvalue weighted by molar-refractivity contribution is 6.04. The lowest BCUT2D eigenvalue weighted by atomic mass is 10.1. The number of hydrogen-bond donors (Lipinski definition) is 2. The Bertz CT molecular complexity index is 1050. The Kier molecular flexibility index (Phi) is 4.72. The molecular formula is C20H21F2N5O. The Morgan fingerprint density at radius 1 is 1.21 bits per heavy atom. The number of pyridine rings is 1. The van der Waals surface area contributed by atoms with E-state index in [2.05, 4.69) is 20.5 Å². The molecule has 1 saturated heterocycles. The minimum absolute atomic E-state index is 0.0876. The molecule has 0 unspecified atom stereocenters. The van der Waals surface area contributed by atoms with Crippen LogP contribution in [0.25, 0.3) is 5.65 Å². The lowest BCUT2D eigenvalue weighted by Gasteiger charge is -2.19. The fourth-order valence-corrected chi connectivity index (χ4v) is 3.56. The Balaban J connectivity index is 1.53. The predicted octanol–water partition coefficient (Wildman–Crippen LogP) is 2.97. The van der Waals surface area contributed by atoms with Crippen molar-refractivity contribution in [2.24, 2.45) is 0 Å². The average Bonchev–Trinajstić information content (AvgIpc) is 3.27. The van der Waals surface area contributed by atoms with Gasteiger partial charge in [0, 0.05) is 43.3 Å². The summed E-state index contributed by atoms with van der Waals surface area (Å²) >= 11 is 0. The molecule has 1 aliphatic heterocycles. The smallest absolute Gasteiger partial charge is 0.258 e. The monoisotopic (exact) mass is 385 g/mol. The van der Waals surface area contributed by atoms with Gasteiger partial charge >= 0.3 is 0 Å². The van der Waals surface area contributed by atoms with E-state index in [4.69, 9.17) is 0 Å². The summed E-state index contributed by atoms with van der Waals surface area (Å²) in [6.07, 6.45) is 4.19. The van der Waals surface area contributed by atoms with Gasteiger partial charge in [-0.25, -0.2) is 13.8 Å². The maximum atomic E-state index is 14.6. The van der Waals surface area contributed by atoms with Gasteiger partial charge in [0.25, 0.3) is 5.91 Å². The third kappa shape index (κ3) is 3.43. The van der Waals surface area contributed by atoms with E-state index >= 15 is 0 Å². The molecule has 0 saturated carbocycles. The number of nitrogens with one attached hydrogen (secondary N) is 2. The molecule has 0 radical (unpaired) electrons. The van der Waals surface area contributed by atoms with Crippen molar-refractivity contribution in [3.63, 3.8) is 0 Å². The van der Waals surface area contributed by atoms with E-state index in [1.54, 1.807) is 25.4 Å². The molecule has 8 heteroatoms. The van der Waals surface area contributed by atoms with Crippen LogP contribution >= 0.6 is 0 Å². The van der Waals surface area contributed by atoms with Crippen LogP contribution in [0.3, 0.4) is 0 Å². The van der Waals surface area contributed by atoms with Crippen LogP contribution in [0, 0.1) is 18.6 Å². The average molecular weight is 385 g/mol. The number of halogens is 2. The number of aryl methyl sites for hydroxylation is 1. The third-order valence-corrected chi connectivity index (χ3v) is 5.04. The number of aromatic nitrogens is 2. The first-order valence-corrected chi connectivity index (χ1v) is 9.12. The molecular weight excluding hydrogens is 364 g/mol. The Morgan fingerprint density at radius 3 is 2.75 bits per heavy atom. The third-order valence-electron chi connectivity index (χ3n) is 5.04. The summed E-state index contributed by atoms with van der Waals surface area (Å²) in [4.78, 5) is 18.6. The number of amides is 1. The Morgan fingerprint density at radius 2 is 2.04 bits per heavy atom. The molecule has 6 nitrogen and oxygen atoms in total. The zero-order valence-corrected chi connectivity index (χ0v) is 15.7. The molecule has 2 aromatic heterocycles. The molecule has 3 heterocycles. The van der Waals surface area contributed by atoms with Gasteiger partial charge in [0.2, 0.25) is 0 Å². The minimum Gasteiger partial charge on any atom is -0.370 e. The van der Waals surface area contributed by atoms with Crippen molar-refractivity contribution < 1.29 is 13.6 Å². The second-order valence-electron chi connectivity index (χ2n) is 7.03. The van der Waals surface area contributed by atoms with Gasteiger partial charge in [0.1, 0.15) is 5.82 Å². The van der Waals surface area contributed by atoms with Crippen LogP contribution in [0.5, 0.6) is 0 Å². The number of carbonyl (C=O) groups excluding carboxylic acids is 1. The number of nitrogens with zero attached hydrogens (tertiary/aromatic N) is 3. The van der Waals surface area contributed by atoms with Gasteiger partial charge in [-0.05, 0) is 38.6 Å². The summed E-state index contributed by atoms with van der Waals surface area (Å²) < 4.78 is 30.2. The molecule has 4 rings (SSSR count). The van der Waals surface area contributed by atoms with Crippen LogP contribution in [-0.4, -0.2) is 41.5 Å². The molecule has 3 aromatic rings. The fraction of sp³-hybridized carbons (Fsp3) is 0.300. The normalized spacial score (nSPS) is 16.7. The number of carbonyl (C=O) groups is 1. The van der Waals surface area contributed by atoms with E-state index in [-0.39, 0.29) is 16.9 Å². The van der Waals surface area contributed by atoms with Crippen molar-refractivity contribution in [1.29, 1.82) is 0 Å². The minimum atomic E-state index is -0.630. The fourth-order valence-electron chi connectivity index (χ4n) is 3.56. The van der Waals surface area contributed by atoms with Crippen molar-refractivity contribution in [3.05, 3.63) is 59.6 Å². The standard InChI is InChI=1S/C20H21F2N5O/c1-12-9-27-11-14(7-18(22)19(27)24-12)25-20(28)16-4-3-15(8-17(16)21)26-6-5-13(10-26)23-2/h3-4,7-9,11,13,23H,5-6,10H2,1-2H3,(H,25,28)/t13-/m1/s1. The van der Waals surface area contributed by atoms with Crippen LogP contribution in [0.2, 0.25) is 0 Å². The zero-order chi connectivity index (χ0) is 19.8. The number of benzene rings is 1. The van der Waals surface area contributed by atoms with Crippen LogP contribution in [0.1, 0.15) is 22.5 Å². The largest absolute Gasteiger partial charge is 0.370 e. The summed E-state index contributed by atoms with van der Waals surface area (Å²) in [5.41, 5.74) is 1.72. The summed E-state index contributed by atoms with van der Waals surface area (Å²) in [5, 5.41) is 5.77. The van der Waals surface area contributed by atoms with Gasteiger partial charge in [-0.1, -0.05) is 0 Å². The maximum absolute atomic E-state index is 14.6. The molecule has 28 heavy (non-hydrogen) atoms. The zero-order valence-electron chi connectivity index (χ0n) is 15.7. The van der Waals surface area contributed by atoms with Gasteiger partial charge in [-0.3, -0.25) is 4.79 Å². The molecule has 1 aromatic carbocycles. The molecule has 1 atom stereocenters. The number of fused-ring (bicyclic) bond motifs is 1. The van der Waals surface area contributed by atoms with Crippen LogP contribution in [0.15, 0.2) is 36.7 Å². The molecule has 0 aliphatic carbocycles. The van der Waals surface area contributed by atoms with Gasteiger partial charge in [-0.15, -0.1) is 0 Å². The van der Waals surface area contributed by atoms with Crippen molar-refractivity contribution in [2.75, 3.05) is 30.4 Å². The van der Waals surface area contributed by atoms with Crippen LogP contribution < -0.4 is 15.5 Å². The second kappa shape index (κ2) is 7.20. The number of rotatable bonds is 4. The SMILES string of the molecule is CN[C@@H]1CCN(c2ccc(C(=O)Nc3cc(F)c4nc(C)cn4c3)c(F)c2)C1. The molecule has 1 amide bonds. The van der Waals surface area contributed by atoms with E-state index in [0.29, 0.717) is 11.7 Å². The highest BCUT2D eigenvalue weighted by Gasteiger charge is 2.22. The van der Waals surface area contributed by atoms with Crippen molar-refractivity contribution >= 4 is 22.9 Å². The maximum Gasteiger partial charge on any atom is 0.258 e. The molecule has 2 N–H and O–H groups in total. The summed E-state index contributed by atoms with van der Waals surface area (Å²) in [5.74, 6) is -1.80. The first-order valence-electron chi connectivity index (χ1n) is 9.12. The van der Waals surface area contributed by atoms with Gasteiger partial charge < -0.3 is 19.9 Å². The number of hydrogen-bond acceptors (Lipinski definition) is 4. The van der Waals surface area contributed by atoms with Crippen molar-refractivity contribution in [2.45, 2.75) is 19.4 Å². The molecule has 0 spiro atoms. The summed E-state index contributed by atoms with van der Waals surface area (Å²) in [6.45, 7) is 3.38. The Hall–Kier alpha value is -3.00. The van der Waals surface area contributed by atoms with E-state index < -0.39 is 17.5 Å². The van der Waals surface area contributed by atoms with E-state index in [0.717, 1.165) is 25.2 Å². The van der Waals surface area contributed by atoms with E-state index in [1.165, 1.54) is 22.6 Å². The van der Waals surface area contributed by atoms with Gasteiger partial charge in [-0.2, -0.15) is 0 Å². The topological polar surface area (TPSA) is 61.7 Å². The second-order valence-corrected chi connectivity index (χ2v) is 7.03. The molecule has 1 fully saturated rings. The predicted molar refractivity (Wildman–Crippen MR) is 104 cm³/mol. The summed E-state index contributed by atoms with van der Waals surface area (Å²) in [6, 6.07) is 6.12. The molecule has 146 valence electrons. The van der Waals surface area contributed by atoms with E-state index in [9.17, 15) is 13.6 Å². The van der Waals surface area contributed by atoms with Gasteiger partial charge in [0.15, 0.2) is 11.5 Å². The van der Waals surface area contributed by atoms with Gasteiger partial charge in [0.05, 0.1) is 16.9 Å². The first-order chi connectivity index (χ1) is 13.4. The number of likely N-dealkylation sites (N-methyl/N-ethyl adjacent to an activating group) is 1. The quantitative estimate of drug-likeness (QED) is 0.725. The number of imidazole rings is 1. The van der Waals surface area contributed by atoms with Crippen LogP contribution in [0.4, 0.5) is 20.2 Å². The molecule has 1 aliphatic rings. The van der Waals surface area contributed by atoms with E-state index in [1.807, 2.05) is 7.05 Å². The van der Waals surface area contributed by atoms with Crippen molar-refractivity contribution in [1.82, 2.24) is 14.7 Å². The lowest BCUT2D eigenvalue weighted by molar-refractivity contribution is 0.102.